The number of alkyl halides is 2. The minimum atomic E-state index is -2.41. The third-order valence-electron chi connectivity index (χ3n) is 4.20. The molecule has 3 heteroatoms. The summed E-state index contributed by atoms with van der Waals surface area (Å²) in [5, 5.41) is 0. The number of halogens is 2. The third-order valence-corrected chi connectivity index (χ3v) is 4.20. The van der Waals surface area contributed by atoms with Crippen LogP contribution in [-0.2, 0) is 0 Å². The van der Waals surface area contributed by atoms with Gasteiger partial charge >= 0.3 is 0 Å². The summed E-state index contributed by atoms with van der Waals surface area (Å²) in [5.41, 5.74) is 6.10. The van der Waals surface area contributed by atoms with Gasteiger partial charge in [0, 0.05) is 18.9 Å². The molecule has 0 aromatic heterocycles. The van der Waals surface area contributed by atoms with E-state index in [-0.39, 0.29) is 18.9 Å². The van der Waals surface area contributed by atoms with Gasteiger partial charge in [-0.05, 0) is 31.1 Å². The molecule has 2 N–H and O–H groups in total. The summed E-state index contributed by atoms with van der Waals surface area (Å²) in [7, 11) is 0. The van der Waals surface area contributed by atoms with Crippen LogP contribution in [0.15, 0.2) is 0 Å². The van der Waals surface area contributed by atoms with Crippen molar-refractivity contribution in [3.63, 3.8) is 0 Å². The maximum absolute atomic E-state index is 12.9. The fourth-order valence-electron chi connectivity index (χ4n) is 2.80. The van der Waals surface area contributed by atoms with Gasteiger partial charge in [-0.1, -0.05) is 19.3 Å². The first-order valence-corrected chi connectivity index (χ1v) is 6.20. The molecule has 2 rings (SSSR count). The third kappa shape index (κ3) is 2.90. The van der Waals surface area contributed by atoms with E-state index in [1.54, 1.807) is 0 Å². The Bertz CT molecular complexity index is 204. The van der Waals surface area contributed by atoms with E-state index in [9.17, 15) is 8.78 Å². The van der Waals surface area contributed by atoms with E-state index in [4.69, 9.17) is 5.73 Å². The van der Waals surface area contributed by atoms with Crippen LogP contribution in [-0.4, -0.2) is 12.0 Å². The maximum atomic E-state index is 12.9. The van der Waals surface area contributed by atoms with Crippen molar-refractivity contribution >= 4 is 0 Å². The van der Waals surface area contributed by atoms with Gasteiger partial charge in [0.05, 0.1) is 0 Å². The molecule has 2 aliphatic carbocycles. The highest BCUT2D eigenvalue weighted by Crippen LogP contribution is 2.39. The van der Waals surface area contributed by atoms with Crippen molar-refractivity contribution in [1.82, 2.24) is 0 Å². The Morgan fingerprint density at radius 2 is 1.73 bits per heavy atom. The van der Waals surface area contributed by atoms with Crippen molar-refractivity contribution in [3.05, 3.63) is 0 Å². The molecule has 1 unspecified atom stereocenters. The number of rotatable bonds is 3. The molecule has 0 radical (unpaired) electrons. The Morgan fingerprint density at radius 1 is 1.13 bits per heavy atom. The standard InChI is InChI=1S/C12H21F2N/c13-12(14)6-4-10(5-7-12)11(15)8-9-2-1-3-9/h9-11H,1-8,15H2. The Balaban J connectivity index is 1.74. The minimum absolute atomic E-state index is 0.0516. The SMILES string of the molecule is NC(CC1CCC1)C1CCC(F)(F)CC1. The van der Waals surface area contributed by atoms with Crippen molar-refractivity contribution < 1.29 is 8.78 Å². The first-order valence-electron chi connectivity index (χ1n) is 6.20. The van der Waals surface area contributed by atoms with Crippen molar-refractivity contribution in [1.29, 1.82) is 0 Å². The second kappa shape index (κ2) is 4.36. The maximum Gasteiger partial charge on any atom is 0.248 e. The lowest BCUT2D eigenvalue weighted by Crippen LogP contribution is -2.38. The smallest absolute Gasteiger partial charge is 0.248 e. The lowest BCUT2D eigenvalue weighted by molar-refractivity contribution is -0.0492. The first-order chi connectivity index (χ1) is 7.07. The normalized spacial score (nSPS) is 29.8. The first kappa shape index (κ1) is 11.3. The van der Waals surface area contributed by atoms with E-state index in [2.05, 4.69) is 0 Å². The predicted molar refractivity (Wildman–Crippen MR) is 56.8 cm³/mol. The average molecular weight is 217 g/mol. The van der Waals surface area contributed by atoms with Crippen molar-refractivity contribution in [2.24, 2.45) is 17.6 Å². The average Bonchev–Trinajstić information content (AvgIpc) is 2.11. The lowest BCUT2D eigenvalue weighted by Gasteiger charge is -2.35. The van der Waals surface area contributed by atoms with Crippen LogP contribution < -0.4 is 5.73 Å². The van der Waals surface area contributed by atoms with E-state index in [0.29, 0.717) is 18.8 Å². The van der Waals surface area contributed by atoms with Gasteiger partial charge in [-0.15, -0.1) is 0 Å². The molecule has 0 aromatic rings. The zero-order valence-electron chi connectivity index (χ0n) is 9.22. The molecule has 2 fully saturated rings. The molecule has 0 amide bonds. The zero-order valence-corrected chi connectivity index (χ0v) is 9.22. The molecule has 0 saturated heterocycles. The highest BCUT2D eigenvalue weighted by atomic mass is 19.3. The summed E-state index contributed by atoms with van der Waals surface area (Å²) in [6.45, 7) is 0. The Morgan fingerprint density at radius 3 is 2.20 bits per heavy atom. The lowest BCUT2D eigenvalue weighted by atomic mass is 9.75. The molecule has 0 spiro atoms. The predicted octanol–water partition coefficient (Wildman–Crippen LogP) is 3.33. The highest BCUT2D eigenvalue weighted by molar-refractivity contribution is 4.85. The molecular formula is C12H21F2N. The van der Waals surface area contributed by atoms with Gasteiger partial charge in [0.1, 0.15) is 0 Å². The van der Waals surface area contributed by atoms with Crippen molar-refractivity contribution in [3.8, 4) is 0 Å². The van der Waals surface area contributed by atoms with Crippen molar-refractivity contribution in [2.75, 3.05) is 0 Å². The largest absolute Gasteiger partial charge is 0.327 e. The molecule has 1 atom stereocenters. The second-order valence-electron chi connectivity index (χ2n) is 5.39. The molecule has 2 aliphatic rings. The molecule has 1 nitrogen and oxygen atoms in total. The van der Waals surface area contributed by atoms with Gasteiger partial charge in [0.2, 0.25) is 5.92 Å². The molecule has 0 aromatic carbocycles. The number of nitrogens with two attached hydrogens (primary N) is 1. The van der Waals surface area contributed by atoms with E-state index in [1.165, 1.54) is 19.3 Å². The summed E-state index contributed by atoms with van der Waals surface area (Å²) in [6, 6.07) is 0.173. The van der Waals surface area contributed by atoms with Crippen molar-refractivity contribution in [2.45, 2.75) is 63.3 Å². The fourth-order valence-corrected chi connectivity index (χ4v) is 2.80. The summed E-state index contributed by atoms with van der Waals surface area (Å²) < 4.78 is 25.9. The van der Waals surface area contributed by atoms with Crippen LogP contribution in [0.4, 0.5) is 8.78 Å². The van der Waals surface area contributed by atoms with Gasteiger partial charge in [-0.25, -0.2) is 8.78 Å². The molecule has 88 valence electrons. The van der Waals surface area contributed by atoms with Crippen LogP contribution in [0.1, 0.15) is 51.4 Å². The summed E-state index contributed by atoms with van der Waals surface area (Å²) >= 11 is 0. The van der Waals surface area contributed by atoms with E-state index < -0.39 is 5.92 Å². The molecular weight excluding hydrogens is 196 g/mol. The number of hydrogen-bond donors (Lipinski definition) is 1. The van der Waals surface area contributed by atoms with E-state index in [0.717, 1.165) is 12.3 Å². The Hall–Kier alpha value is -0.180. The molecule has 0 aliphatic heterocycles. The monoisotopic (exact) mass is 217 g/mol. The highest BCUT2D eigenvalue weighted by Gasteiger charge is 2.37. The van der Waals surface area contributed by atoms with Crippen LogP contribution in [0.5, 0.6) is 0 Å². The fraction of sp³-hybridized carbons (Fsp3) is 1.00. The van der Waals surface area contributed by atoms with E-state index in [1.807, 2.05) is 0 Å². The van der Waals surface area contributed by atoms with Gasteiger partial charge in [0.15, 0.2) is 0 Å². The van der Waals surface area contributed by atoms with E-state index >= 15 is 0 Å². The van der Waals surface area contributed by atoms with Crippen LogP contribution in [0, 0.1) is 11.8 Å². The van der Waals surface area contributed by atoms with Crippen LogP contribution in [0.25, 0.3) is 0 Å². The minimum Gasteiger partial charge on any atom is -0.327 e. The van der Waals surface area contributed by atoms with Crippen LogP contribution in [0.3, 0.4) is 0 Å². The zero-order chi connectivity index (χ0) is 10.9. The van der Waals surface area contributed by atoms with Gasteiger partial charge in [-0.3, -0.25) is 0 Å². The Kier molecular flexibility index (Phi) is 3.29. The second-order valence-corrected chi connectivity index (χ2v) is 5.39. The summed E-state index contributed by atoms with van der Waals surface area (Å²) in [5.74, 6) is -1.26. The Labute approximate surface area is 90.4 Å². The summed E-state index contributed by atoms with van der Waals surface area (Å²) in [4.78, 5) is 0. The number of hydrogen-bond acceptors (Lipinski definition) is 1. The van der Waals surface area contributed by atoms with Gasteiger partial charge in [-0.2, -0.15) is 0 Å². The summed E-state index contributed by atoms with van der Waals surface area (Å²) in [6.07, 6.45) is 6.36. The van der Waals surface area contributed by atoms with Gasteiger partial charge < -0.3 is 5.73 Å². The van der Waals surface area contributed by atoms with Crippen LogP contribution >= 0.6 is 0 Å². The molecule has 15 heavy (non-hydrogen) atoms. The van der Waals surface area contributed by atoms with Crippen LogP contribution in [0.2, 0.25) is 0 Å². The molecule has 0 heterocycles. The van der Waals surface area contributed by atoms with Gasteiger partial charge in [0.25, 0.3) is 0 Å². The quantitative estimate of drug-likeness (QED) is 0.771. The molecule has 0 bridgehead atoms. The molecule has 2 saturated carbocycles. The topological polar surface area (TPSA) is 26.0 Å².